The number of amides is 2. The van der Waals surface area contributed by atoms with Crippen molar-refractivity contribution in [1.29, 1.82) is 0 Å². The number of piperidine rings is 1. The molecule has 128 valence electrons. The van der Waals surface area contributed by atoms with Crippen molar-refractivity contribution in [2.24, 2.45) is 5.92 Å². The first kappa shape index (κ1) is 18.8. The summed E-state index contributed by atoms with van der Waals surface area (Å²) in [6, 6.07) is 0.261. The first-order chi connectivity index (χ1) is 10.5. The van der Waals surface area contributed by atoms with Crippen LogP contribution in [0.15, 0.2) is 0 Å². The number of carbonyl (C=O) groups excluding carboxylic acids is 2. The van der Waals surface area contributed by atoms with Crippen LogP contribution in [0.5, 0.6) is 0 Å². The predicted octanol–water partition coefficient (Wildman–Crippen LogP) is 3.28. The van der Waals surface area contributed by atoms with E-state index < -0.39 is 0 Å². The maximum atomic E-state index is 12.9. The molecule has 22 heavy (non-hydrogen) atoms. The fourth-order valence-electron chi connectivity index (χ4n) is 2.89. The van der Waals surface area contributed by atoms with Gasteiger partial charge in [-0.3, -0.25) is 4.79 Å². The van der Waals surface area contributed by atoms with E-state index in [0.29, 0.717) is 19.7 Å². The molecule has 0 aromatic rings. The zero-order chi connectivity index (χ0) is 16.5. The third kappa shape index (κ3) is 5.18. The summed E-state index contributed by atoms with van der Waals surface area (Å²) in [5.41, 5.74) is 0. The molecule has 0 spiro atoms. The number of nitrogens with zero attached hydrogens (tertiary/aromatic N) is 2. The largest absolute Gasteiger partial charge is 0.450 e. The Balaban J connectivity index is 2.69. The molecule has 5 nitrogen and oxygen atoms in total. The lowest BCUT2D eigenvalue weighted by molar-refractivity contribution is -0.139. The van der Waals surface area contributed by atoms with Crippen LogP contribution in [-0.2, 0) is 9.53 Å². The van der Waals surface area contributed by atoms with Gasteiger partial charge in [0.05, 0.1) is 12.5 Å². The smallest absolute Gasteiger partial charge is 0.409 e. The van der Waals surface area contributed by atoms with E-state index in [-0.39, 0.29) is 24.0 Å². The van der Waals surface area contributed by atoms with E-state index in [0.717, 1.165) is 38.6 Å². The van der Waals surface area contributed by atoms with Crippen LogP contribution in [-0.4, -0.2) is 54.1 Å². The summed E-state index contributed by atoms with van der Waals surface area (Å²) in [5, 5.41) is 0. The summed E-state index contributed by atoms with van der Waals surface area (Å²) in [6.07, 6.45) is 4.53. The van der Waals surface area contributed by atoms with Gasteiger partial charge in [-0.05, 0) is 39.5 Å². The second kappa shape index (κ2) is 9.70. The number of unbranched alkanes of at least 4 members (excludes halogenated alkanes) is 1. The molecule has 0 saturated carbocycles. The second-order valence-electron chi connectivity index (χ2n) is 6.13. The Morgan fingerprint density at radius 1 is 1.32 bits per heavy atom. The molecule has 1 rings (SSSR count). The fraction of sp³-hybridized carbons (Fsp3) is 0.882. The minimum Gasteiger partial charge on any atom is -0.450 e. The van der Waals surface area contributed by atoms with E-state index in [9.17, 15) is 9.59 Å². The highest BCUT2D eigenvalue weighted by Gasteiger charge is 2.32. The minimum atomic E-state index is -0.288. The van der Waals surface area contributed by atoms with Crippen LogP contribution in [0.4, 0.5) is 4.79 Å². The van der Waals surface area contributed by atoms with Crippen LogP contribution in [0, 0.1) is 5.92 Å². The molecule has 2 amide bonds. The zero-order valence-electron chi connectivity index (χ0n) is 14.6. The van der Waals surface area contributed by atoms with Crippen LogP contribution in [0.3, 0.4) is 0 Å². The van der Waals surface area contributed by atoms with Crippen molar-refractivity contribution < 1.29 is 14.3 Å². The lowest BCUT2D eigenvalue weighted by atomic mass is 9.95. The van der Waals surface area contributed by atoms with Crippen molar-refractivity contribution in [3.63, 3.8) is 0 Å². The van der Waals surface area contributed by atoms with E-state index in [1.54, 1.807) is 11.8 Å². The summed E-state index contributed by atoms with van der Waals surface area (Å²) in [6.45, 7) is 10.6. The Labute approximate surface area is 135 Å². The molecule has 0 aliphatic carbocycles. The molecule has 1 saturated heterocycles. The first-order valence-electron chi connectivity index (χ1n) is 8.77. The van der Waals surface area contributed by atoms with Gasteiger partial charge in [-0.15, -0.1) is 0 Å². The van der Waals surface area contributed by atoms with Crippen LogP contribution < -0.4 is 0 Å². The highest BCUT2D eigenvalue weighted by Crippen LogP contribution is 2.21. The predicted molar refractivity (Wildman–Crippen MR) is 87.7 cm³/mol. The van der Waals surface area contributed by atoms with Crippen molar-refractivity contribution in [3.05, 3.63) is 0 Å². The minimum absolute atomic E-state index is 0.0796. The molecule has 0 radical (unpaired) electrons. The van der Waals surface area contributed by atoms with Gasteiger partial charge in [0, 0.05) is 25.7 Å². The van der Waals surface area contributed by atoms with Crippen LogP contribution in [0.2, 0.25) is 0 Å². The molecule has 0 bridgehead atoms. The molecular weight excluding hydrogens is 280 g/mol. The summed E-state index contributed by atoms with van der Waals surface area (Å²) in [7, 11) is 0. The zero-order valence-corrected chi connectivity index (χ0v) is 14.6. The molecule has 1 aliphatic heterocycles. The number of carbonyl (C=O) groups is 2. The number of hydrogen-bond donors (Lipinski definition) is 0. The van der Waals surface area contributed by atoms with Crippen LogP contribution in [0.25, 0.3) is 0 Å². The summed E-state index contributed by atoms with van der Waals surface area (Å²) < 4.78 is 5.07. The Morgan fingerprint density at radius 3 is 2.64 bits per heavy atom. The highest BCUT2D eigenvalue weighted by atomic mass is 16.6. The van der Waals surface area contributed by atoms with Gasteiger partial charge in [0.15, 0.2) is 0 Å². The molecular formula is C17H32N2O3. The lowest BCUT2D eigenvalue weighted by Crippen LogP contribution is -2.49. The first-order valence-corrected chi connectivity index (χ1v) is 8.77. The second-order valence-corrected chi connectivity index (χ2v) is 6.13. The van der Waals surface area contributed by atoms with Gasteiger partial charge in [0.1, 0.15) is 0 Å². The van der Waals surface area contributed by atoms with Crippen molar-refractivity contribution in [1.82, 2.24) is 9.80 Å². The number of hydrogen-bond acceptors (Lipinski definition) is 3. The molecule has 2 atom stereocenters. The molecule has 1 heterocycles. The van der Waals surface area contributed by atoms with Crippen molar-refractivity contribution in [2.45, 2.75) is 65.8 Å². The SMILES string of the molecule is CCCCN(C(=O)C1CCCN(C(=O)OCC)C1)C(C)CC. The normalized spacial score (nSPS) is 19.6. The Bertz CT molecular complexity index is 360. The Kier molecular flexibility index (Phi) is 8.28. The topological polar surface area (TPSA) is 49.9 Å². The van der Waals surface area contributed by atoms with Gasteiger partial charge in [0.25, 0.3) is 0 Å². The fourth-order valence-corrected chi connectivity index (χ4v) is 2.89. The van der Waals surface area contributed by atoms with E-state index in [2.05, 4.69) is 20.8 Å². The van der Waals surface area contributed by atoms with Crippen molar-refractivity contribution >= 4 is 12.0 Å². The molecule has 0 N–H and O–H groups in total. The molecule has 2 unspecified atom stereocenters. The Hall–Kier alpha value is -1.26. The maximum Gasteiger partial charge on any atom is 0.409 e. The molecule has 0 aromatic carbocycles. The van der Waals surface area contributed by atoms with Crippen molar-refractivity contribution in [2.75, 3.05) is 26.2 Å². The van der Waals surface area contributed by atoms with Crippen LogP contribution in [0.1, 0.15) is 59.8 Å². The van der Waals surface area contributed by atoms with E-state index in [1.165, 1.54) is 0 Å². The van der Waals surface area contributed by atoms with E-state index in [4.69, 9.17) is 4.74 Å². The summed E-state index contributed by atoms with van der Waals surface area (Å²) in [4.78, 5) is 28.5. The van der Waals surface area contributed by atoms with Gasteiger partial charge in [-0.1, -0.05) is 20.3 Å². The summed E-state index contributed by atoms with van der Waals surface area (Å²) in [5.74, 6) is 0.126. The third-order valence-electron chi connectivity index (χ3n) is 4.46. The van der Waals surface area contributed by atoms with Gasteiger partial charge in [-0.25, -0.2) is 4.79 Å². The quantitative estimate of drug-likeness (QED) is 0.725. The maximum absolute atomic E-state index is 12.9. The molecule has 1 fully saturated rings. The average Bonchev–Trinajstić information content (AvgIpc) is 2.55. The van der Waals surface area contributed by atoms with Gasteiger partial charge in [-0.2, -0.15) is 0 Å². The van der Waals surface area contributed by atoms with Crippen LogP contribution >= 0.6 is 0 Å². The standard InChI is InChI=1S/C17H32N2O3/c1-5-8-12-19(14(4)6-2)16(20)15-10-9-11-18(13-15)17(21)22-7-3/h14-15H,5-13H2,1-4H3. The highest BCUT2D eigenvalue weighted by molar-refractivity contribution is 5.80. The number of rotatable bonds is 7. The van der Waals surface area contributed by atoms with Crippen molar-refractivity contribution in [3.8, 4) is 0 Å². The monoisotopic (exact) mass is 312 g/mol. The van der Waals surface area contributed by atoms with E-state index >= 15 is 0 Å². The Morgan fingerprint density at radius 2 is 2.05 bits per heavy atom. The molecule has 5 heteroatoms. The lowest BCUT2D eigenvalue weighted by Gasteiger charge is -2.36. The number of likely N-dealkylation sites (tertiary alicyclic amines) is 1. The average molecular weight is 312 g/mol. The summed E-state index contributed by atoms with van der Waals surface area (Å²) >= 11 is 0. The molecule has 1 aliphatic rings. The van der Waals surface area contributed by atoms with Gasteiger partial charge in [0.2, 0.25) is 5.91 Å². The third-order valence-corrected chi connectivity index (χ3v) is 4.46. The van der Waals surface area contributed by atoms with Gasteiger partial charge >= 0.3 is 6.09 Å². The molecule has 0 aromatic heterocycles. The van der Waals surface area contributed by atoms with E-state index in [1.807, 2.05) is 4.90 Å². The number of ether oxygens (including phenoxy) is 1. The van der Waals surface area contributed by atoms with Gasteiger partial charge < -0.3 is 14.5 Å².